The average Bonchev–Trinajstić information content (AvgIpc) is 3.11. The Kier molecular flexibility index (Phi) is 4.95. The van der Waals surface area contributed by atoms with Crippen molar-refractivity contribution in [1.29, 1.82) is 5.26 Å². The quantitative estimate of drug-likeness (QED) is 0.693. The molecule has 1 aromatic heterocycles. The number of nitriles is 1. The van der Waals surface area contributed by atoms with Gasteiger partial charge < -0.3 is 9.64 Å². The van der Waals surface area contributed by atoms with E-state index in [1.54, 1.807) is 7.11 Å². The summed E-state index contributed by atoms with van der Waals surface area (Å²) in [7, 11) is 1.62. The highest BCUT2D eigenvalue weighted by Gasteiger charge is 2.18. The van der Waals surface area contributed by atoms with Gasteiger partial charge in [0.2, 0.25) is 5.69 Å². The number of ether oxygens (including phenoxy) is 1. The van der Waals surface area contributed by atoms with Crippen molar-refractivity contribution in [3.63, 3.8) is 0 Å². The van der Waals surface area contributed by atoms with E-state index in [2.05, 4.69) is 28.4 Å². The van der Waals surface area contributed by atoms with Crippen molar-refractivity contribution in [2.24, 2.45) is 0 Å². The van der Waals surface area contributed by atoms with Crippen molar-refractivity contribution in [3.8, 4) is 17.5 Å². The van der Waals surface area contributed by atoms with Crippen LogP contribution in [0.4, 0.5) is 5.82 Å². The van der Waals surface area contributed by atoms with Gasteiger partial charge in [0, 0.05) is 13.1 Å². The standard InChI is InChI=1S/C19H19N5O/c1-3-23(14-15-7-5-4-6-8-15)19-18(13-20)21-24(22-19)16-9-11-17(25-2)12-10-16/h4-12H,3,14H2,1-2H3. The van der Waals surface area contributed by atoms with E-state index in [1.807, 2.05) is 54.3 Å². The van der Waals surface area contributed by atoms with E-state index in [0.29, 0.717) is 18.1 Å². The van der Waals surface area contributed by atoms with E-state index < -0.39 is 0 Å². The van der Waals surface area contributed by atoms with Crippen LogP contribution in [0.1, 0.15) is 18.2 Å². The van der Waals surface area contributed by atoms with E-state index in [-0.39, 0.29) is 0 Å². The van der Waals surface area contributed by atoms with Crippen molar-refractivity contribution in [3.05, 3.63) is 65.9 Å². The summed E-state index contributed by atoms with van der Waals surface area (Å²) in [6, 6.07) is 19.7. The van der Waals surface area contributed by atoms with Crippen LogP contribution < -0.4 is 9.64 Å². The Hall–Kier alpha value is -3.33. The number of anilines is 1. The highest BCUT2D eigenvalue weighted by atomic mass is 16.5. The Bertz CT molecular complexity index is 865. The lowest BCUT2D eigenvalue weighted by Crippen LogP contribution is -2.23. The molecule has 3 rings (SSSR count). The first-order valence-corrected chi connectivity index (χ1v) is 8.06. The van der Waals surface area contributed by atoms with Gasteiger partial charge in [0.05, 0.1) is 12.8 Å². The van der Waals surface area contributed by atoms with Crippen LogP contribution >= 0.6 is 0 Å². The number of hydrogen-bond donors (Lipinski definition) is 0. The molecule has 0 aliphatic heterocycles. The maximum Gasteiger partial charge on any atom is 0.207 e. The summed E-state index contributed by atoms with van der Waals surface area (Å²) in [6.07, 6.45) is 0. The Morgan fingerprint density at radius 1 is 1.08 bits per heavy atom. The number of nitrogens with zero attached hydrogens (tertiary/aromatic N) is 5. The predicted octanol–water partition coefficient (Wildman–Crippen LogP) is 3.17. The average molecular weight is 333 g/mol. The molecule has 2 aromatic carbocycles. The number of methoxy groups -OCH3 is 1. The first-order valence-electron chi connectivity index (χ1n) is 8.06. The molecule has 3 aromatic rings. The normalized spacial score (nSPS) is 10.3. The van der Waals surface area contributed by atoms with Crippen molar-refractivity contribution in [2.45, 2.75) is 13.5 Å². The van der Waals surface area contributed by atoms with Gasteiger partial charge in [-0.05, 0) is 36.8 Å². The molecule has 0 bridgehead atoms. The Balaban J connectivity index is 1.92. The van der Waals surface area contributed by atoms with Gasteiger partial charge in [0.25, 0.3) is 0 Å². The summed E-state index contributed by atoms with van der Waals surface area (Å²) in [6.45, 7) is 3.44. The smallest absolute Gasteiger partial charge is 0.207 e. The molecular weight excluding hydrogens is 314 g/mol. The van der Waals surface area contributed by atoms with Gasteiger partial charge in [-0.25, -0.2) is 0 Å². The molecule has 0 saturated heterocycles. The topological polar surface area (TPSA) is 67.0 Å². The maximum absolute atomic E-state index is 9.46. The number of benzene rings is 2. The molecule has 6 heteroatoms. The van der Waals surface area contributed by atoms with E-state index in [1.165, 1.54) is 4.80 Å². The zero-order valence-corrected chi connectivity index (χ0v) is 14.3. The van der Waals surface area contributed by atoms with Crippen molar-refractivity contribution in [2.75, 3.05) is 18.6 Å². The number of hydrogen-bond acceptors (Lipinski definition) is 5. The molecule has 0 amide bonds. The van der Waals surface area contributed by atoms with Gasteiger partial charge in [-0.15, -0.1) is 15.0 Å². The fraction of sp³-hybridized carbons (Fsp3) is 0.211. The van der Waals surface area contributed by atoms with E-state index in [4.69, 9.17) is 4.74 Å². The summed E-state index contributed by atoms with van der Waals surface area (Å²) in [5.74, 6) is 1.35. The van der Waals surface area contributed by atoms with Crippen LogP contribution in [0.5, 0.6) is 5.75 Å². The molecule has 0 saturated carbocycles. The van der Waals surface area contributed by atoms with Crippen LogP contribution in [-0.2, 0) is 6.54 Å². The lowest BCUT2D eigenvalue weighted by Gasteiger charge is -2.20. The first-order chi connectivity index (χ1) is 12.2. The minimum Gasteiger partial charge on any atom is -0.497 e. The van der Waals surface area contributed by atoms with E-state index in [0.717, 1.165) is 23.5 Å². The maximum atomic E-state index is 9.46. The molecule has 0 unspecified atom stereocenters. The highest BCUT2D eigenvalue weighted by molar-refractivity contribution is 5.51. The fourth-order valence-corrected chi connectivity index (χ4v) is 2.56. The highest BCUT2D eigenvalue weighted by Crippen LogP contribution is 2.20. The second-order valence-corrected chi connectivity index (χ2v) is 5.47. The first kappa shape index (κ1) is 16.5. The Labute approximate surface area is 146 Å². The Morgan fingerprint density at radius 2 is 1.80 bits per heavy atom. The Morgan fingerprint density at radius 3 is 2.40 bits per heavy atom. The third-order valence-electron chi connectivity index (χ3n) is 3.90. The molecule has 126 valence electrons. The second kappa shape index (κ2) is 7.49. The summed E-state index contributed by atoms with van der Waals surface area (Å²) in [4.78, 5) is 3.53. The molecule has 25 heavy (non-hydrogen) atoms. The number of aromatic nitrogens is 3. The van der Waals surface area contributed by atoms with Gasteiger partial charge >= 0.3 is 0 Å². The molecule has 0 radical (unpaired) electrons. The largest absolute Gasteiger partial charge is 0.497 e. The van der Waals surface area contributed by atoms with Gasteiger partial charge in [-0.3, -0.25) is 0 Å². The van der Waals surface area contributed by atoms with Crippen LogP contribution in [0.15, 0.2) is 54.6 Å². The third kappa shape index (κ3) is 3.61. The van der Waals surface area contributed by atoms with Crippen LogP contribution in [0.2, 0.25) is 0 Å². The molecule has 0 aliphatic carbocycles. The van der Waals surface area contributed by atoms with E-state index in [9.17, 15) is 5.26 Å². The molecule has 0 fully saturated rings. The molecule has 0 atom stereocenters. The molecule has 0 N–H and O–H groups in total. The summed E-state index contributed by atoms with van der Waals surface area (Å²) < 4.78 is 5.17. The third-order valence-corrected chi connectivity index (χ3v) is 3.90. The fourth-order valence-electron chi connectivity index (χ4n) is 2.56. The van der Waals surface area contributed by atoms with Crippen LogP contribution in [-0.4, -0.2) is 28.6 Å². The monoisotopic (exact) mass is 333 g/mol. The summed E-state index contributed by atoms with van der Waals surface area (Å²) >= 11 is 0. The van der Waals surface area contributed by atoms with Crippen LogP contribution in [0, 0.1) is 11.3 Å². The minimum atomic E-state index is 0.314. The molecule has 0 spiro atoms. The summed E-state index contributed by atoms with van der Waals surface area (Å²) in [5, 5.41) is 18.3. The minimum absolute atomic E-state index is 0.314. The number of rotatable bonds is 6. The predicted molar refractivity (Wildman–Crippen MR) is 95.8 cm³/mol. The zero-order chi connectivity index (χ0) is 17.6. The van der Waals surface area contributed by atoms with Gasteiger partial charge in [-0.2, -0.15) is 5.26 Å². The van der Waals surface area contributed by atoms with Crippen molar-refractivity contribution < 1.29 is 4.74 Å². The zero-order valence-electron chi connectivity index (χ0n) is 14.3. The SMILES string of the molecule is CCN(Cc1ccccc1)c1nn(-c2ccc(OC)cc2)nc1C#N. The van der Waals surface area contributed by atoms with Crippen molar-refractivity contribution >= 4 is 5.82 Å². The van der Waals surface area contributed by atoms with Crippen LogP contribution in [0.3, 0.4) is 0 Å². The van der Waals surface area contributed by atoms with Gasteiger partial charge in [0.15, 0.2) is 5.82 Å². The lowest BCUT2D eigenvalue weighted by molar-refractivity contribution is 0.414. The van der Waals surface area contributed by atoms with Crippen molar-refractivity contribution in [1.82, 2.24) is 15.0 Å². The second-order valence-electron chi connectivity index (χ2n) is 5.47. The summed E-state index contributed by atoms with van der Waals surface area (Å²) in [5.41, 5.74) is 2.25. The lowest BCUT2D eigenvalue weighted by atomic mass is 10.2. The molecule has 6 nitrogen and oxygen atoms in total. The molecule has 0 aliphatic rings. The van der Waals surface area contributed by atoms with Gasteiger partial charge in [0.1, 0.15) is 11.8 Å². The molecular formula is C19H19N5O. The van der Waals surface area contributed by atoms with E-state index >= 15 is 0 Å². The van der Waals surface area contributed by atoms with Crippen LogP contribution in [0.25, 0.3) is 5.69 Å². The van der Waals surface area contributed by atoms with Gasteiger partial charge in [-0.1, -0.05) is 30.3 Å². The molecule has 1 heterocycles.